The molecule has 0 aliphatic heterocycles. The van der Waals surface area contributed by atoms with Gasteiger partial charge in [-0.2, -0.15) is 10.1 Å². The smallest absolute Gasteiger partial charge is 0.224 e. The summed E-state index contributed by atoms with van der Waals surface area (Å²) < 4.78 is 2.07. The molecule has 0 amide bonds. The molecule has 23 heavy (non-hydrogen) atoms. The van der Waals surface area contributed by atoms with Crippen LogP contribution in [-0.4, -0.2) is 31.3 Å². The van der Waals surface area contributed by atoms with Crippen LogP contribution in [0.25, 0.3) is 11.0 Å². The van der Waals surface area contributed by atoms with Crippen molar-refractivity contribution in [3.05, 3.63) is 42.5 Å². The molecule has 3 aromatic rings. The average molecular weight is 308 g/mol. The minimum absolute atomic E-state index is 0.532. The van der Waals surface area contributed by atoms with E-state index in [4.69, 9.17) is 0 Å². The van der Waals surface area contributed by atoms with Crippen molar-refractivity contribution in [1.82, 2.24) is 24.7 Å². The summed E-state index contributed by atoms with van der Waals surface area (Å²) in [4.78, 5) is 13.2. The Bertz CT molecular complexity index is 776. The second-order valence-corrected chi connectivity index (χ2v) is 6.02. The van der Waals surface area contributed by atoms with Crippen LogP contribution in [0.4, 0.5) is 5.95 Å². The highest BCUT2D eigenvalue weighted by Gasteiger charge is 2.18. The predicted octanol–water partition coefficient (Wildman–Crippen LogP) is 2.99. The number of hydrogen-bond donors (Lipinski definition) is 1. The van der Waals surface area contributed by atoms with Crippen LogP contribution in [0.15, 0.2) is 36.8 Å². The van der Waals surface area contributed by atoms with Crippen LogP contribution in [0, 0.1) is 0 Å². The third-order valence-corrected chi connectivity index (χ3v) is 4.37. The van der Waals surface area contributed by atoms with Gasteiger partial charge in [-0.05, 0) is 25.0 Å². The van der Waals surface area contributed by atoms with Crippen molar-refractivity contribution in [3.8, 4) is 0 Å². The van der Waals surface area contributed by atoms with Gasteiger partial charge in [0, 0.05) is 37.3 Å². The fourth-order valence-electron chi connectivity index (χ4n) is 3.12. The molecule has 1 saturated carbocycles. The van der Waals surface area contributed by atoms with E-state index in [2.05, 4.69) is 36.2 Å². The number of fused-ring (bicyclic) bond motifs is 1. The quantitative estimate of drug-likeness (QED) is 0.784. The largest absolute Gasteiger partial charge is 0.354 e. The van der Waals surface area contributed by atoms with Crippen molar-refractivity contribution < 1.29 is 0 Å². The van der Waals surface area contributed by atoms with Crippen LogP contribution in [0.1, 0.15) is 37.4 Å². The van der Waals surface area contributed by atoms with E-state index in [1.165, 1.54) is 25.7 Å². The van der Waals surface area contributed by atoms with Crippen molar-refractivity contribution in [2.45, 2.75) is 38.1 Å². The zero-order valence-corrected chi connectivity index (χ0v) is 13.0. The number of hydrogen-bond acceptors (Lipinski definition) is 5. The first-order valence-corrected chi connectivity index (χ1v) is 8.24. The highest BCUT2D eigenvalue weighted by molar-refractivity contribution is 5.73. The molecule has 0 saturated heterocycles. The molecule has 0 spiro atoms. The summed E-state index contributed by atoms with van der Waals surface area (Å²) in [5.74, 6) is 0.630. The molecule has 1 aliphatic carbocycles. The zero-order chi connectivity index (χ0) is 15.5. The minimum atomic E-state index is 0.532. The maximum Gasteiger partial charge on any atom is 0.224 e. The molecule has 1 aliphatic rings. The van der Waals surface area contributed by atoms with Gasteiger partial charge < -0.3 is 5.32 Å². The molecule has 1 fully saturated rings. The number of anilines is 1. The van der Waals surface area contributed by atoms with Gasteiger partial charge in [-0.25, -0.2) is 4.98 Å². The topological polar surface area (TPSA) is 68.5 Å². The van der Waals surface area contributed by atoms with Crippen LogP contribution in [0.3, 0.4) is 0 Å². The molecule has 3 aromatic heterocycles. The first-order valence-electron chi connectivity index (χ1n) is 8.24. The molecule has 118 valence electrons. The Hall–Kier alpha value is -2.50. The molecule has 4 rings (SSSR count). The number of nitrogens with zero attached hydrogens (tertiary/aromatic N) is 5. The summed E-state index contributed by atoms with van der Waals surface area (Å²) in [7, 11) is 0. The molecule has 6 heteroatoms. The maximum absolute atomic E-state index is 4.63. The predicted molar refractivity (Wildman–Crippen MR) is 89.3 cm³/mol. The van der Waals surface area contributed by atoms with E-state index < -0.39 is 0 Å². The monoisotopic (exact) mass is 308 g/mol. The van der Waals surface area contributed by atoms with Gasteiger partial charge in [0.1, 0.15) is 0 Å². The molecule has 0 bridgehead atoms. The van der Waals surface area contributed by atoms with Crippen LogP contribution in [0.5, 0.6) is 0 Å². The van der Waals surface area contributed by atoms with Crippen molar-refractivity contribution in [2.75, 3.05) is 11.9 Å². The summed E-state index contributed by atoms with van der Waals surface area (Å²) in [5, 5.41) is 8.89. The lowest BCUT2D eigenvalue weighted by atomic mass is 10.3. The van der Waals surface area contributed by atoms with E-state index in [0.29, 0.717) is 12.0 Å². The molecule has 3 heterocycles. The number of aromatic nitrogens is 5. The van der Waals surface area contributed by atoms with Crippen molar-refractivity contribution in [2.24, 2.45) is 0 Å². The maximum atomic E-state index is 4.63. The Kier molecular flexibility index (Phi) is 3.88. The van der Waals surface area contributed by atoms with Crippen LogP contribution in [-0.2, 0) is 6.42 Å². The summed E-state index contributed by atoms with van der Waals surface area (Å²) in [6.07, 6.45) is 11.6. The second-order valence-electron chi connectivity index (χ2n) is 6.02. The minimum Gasteiger partial charge on any atom is -0.354 e. The normalized spacial score (nSPS) is 15.3. The van der Waals surface area contributed by atoms with Gasteiger partial charge >= 0.3 is 0 Å². The molecule has 0 aromatic carbocycles. The van der Waals surface area contributed by atoms with Crippen molar-refractivity contribution in [1.29, 1.82) is 0 Å². The summed E-state index contributed by atoms with van der Waals surface area (Å²) in [6.45, 7) is 0.756. The number of nitrogens with one attached hydrogen (secondary N) is 1. The summed E-state index contributed by atoms with van der Waals surface area (Å²) in [6, 6.07) is 6.48. The SMILES string of the molecule is c1ccc(CCNc2ncc3cn(C4CCCC4)nc3n2)nc1. The standard InChI is InChI=1S/C17H20N6/c1-2-7-15(6-1)23-12-13-11-20-17(21-16(13)22-23)19-10-8-14-5-3-4-9-18-14/h3-5,9,11-12,15H,1-2,6-8,10H2,(H,19,21,22). The van der Waals surface area contributed by atoms with Gasteiger partial charge in [-0.15, -0.1) is 0 Å². The number of pyridine rings is 1. The summed E-state index contributed by atoms with van der Waals surface area (Å²) >= 11 is 0. The lowest BCUT2D eigenvalue weighted by Crippen LogP contribution is -2.08. The van der Waals surface area contributed by atoms with Crippen molar-refractivity contribution in [3.63, 3.8) is 0 Å². The Morgan fingerprint density at radius 3 is 2.91 bits per heavy atom. The van der Waals surface area contributed by atoms with Gasteiger partial charge in [-0.1, -0.05) is 18.9 Å². The average Bonchev–Trinajstić information content (AvgIpc) is 3.24. The van der Waals surface area contributed by atoms with E-state index in [0.717, 1.165) is 29.7 Å². The third kappa shape index (κ3) is 3.16. The summed E-state index contributed by atoms with van der Waals surface area (Å²) in [5.41, 5.74) is 1.83. The van der Waals surface area contributed by atoms with Gasteiger partial charge in [0.05, 0.1) is 11.4 Å². The zero-order valence-electron chi connectivity index (χ0n) is 13.0. The molecule has 0 unspecified atom stereocenters. The van der Waals surface area contributed by atoms with E-state index in [1.54, 1.807) is 0 Å². The van der Waals surface area contributed by atoms with Gasteiger partial charge in [0.2, 0.25) is 5.95 Å². The Labute approximate surface area is 135 Å². The number of rotatable bonds is 5. The lowest BCUT2D eigenvalue weighted by molar-refractivity contribution is 0.470. The van der Waals surface area contributed by atoms with E-state index in [9.17, 15) is 0 Å². The lowest BCUT2D eigenvalue weighted by Gasteiger charge is -2.07. The highest BCUT2D eigenvalue weighted by atomic mass is 15.3. The Morgan fingerprint density at radius 2 is 2.09 bits per heavy atom. The van der Waals surface area contributed by atoms with Gasteiger partial charge in [0.15, 0.2) is 5.65 Å². The molecular weight excluding hydrogens is 288 g/mol. The second kappa shape index (κ2) is 6.32. The Morgan fingerprint density at radius 1 is 1.17 bits per heavy atom. The van der Waals surface area contributed by atoms with E-state index in [-0.39, 0.29) is 0 Å². The van der Waals surface area contributed by atoms with Gasteiger partial charge in [-0.3, -0.25) is 9.67 Å². The molecule has 0 atom stereocenters. The first-order chi connectivity index (χ1) is 11.4. The fraction of sp³-hybridized carbons (Fsp3) is 0.412. The van der Waals surface area contributed by atoms with Crippen molar-refractivity contribution >= 4 is 17.0 Å². The fourth-order valence-corrected chi connectivity index (χ4v) is 3.12. The molecular formula is C17H20N6. The third-order valence-electron chi connectivity index (χ3n) is 4.37. The molecule has 6 nitrogen and oxygen atoms in total. The van der Waals surface area contributed by atoms with Gasteiger partial charge in [0.25, 0.3) is 0 Å². The van der Waals surface area contributed by atoms with E-state index in [1.807, 2.05) is 30.6 Å². The molecule has 1 N–H and O–H groups in total. The Balaban J connectivity index is 1.43. The van der Waals surface area contributed by atoms with Crippen LogP contribution >= 0.6 is 0 Å². The van der Waals surface area contributed by atoms with E-state index >= 15 is 0 Å². The first kappa shape index (κ1) is 14.1. The van der Waals surface area contributed by atoms with Crippen LogP contribution in [0.2, 0.25) is 0 Å². The molecule has 0 radical (unpaired) electrons. The highest BCUT2D eigenvalue weighted by Crippen LogP contribution is 2.29. The van der Waals surface area contributed by atoms with Crippen LogP contribution < -0.4 is 5.32 Å².